The first kappa shape index (κ1) is 52.8. The lowest BCUT2D eigenvalue weighted by molar-refractivity contribution is -0.150. The molecule has 6 rings (SSSR count). The largest absolute Gasteiger partial charge is 0.494 e. The van der Waals surface area contributed by atoms with E-state index in [1.54, 1.807) is 79.7 Å². The zero-order valence-electron chi connectivity index (χ0n) is 39.2. The lowest BCUT2D eigenvalue weighted by Crippen LogP contribution is -2.36. The molecule has 0 spiro atoms. The van der Waals surface area contributed by atoms with E-state index in [9.17, 15) is 39.3 Å². The topological polar surface area (TPSA) is 242 Å². The number of carbonyl (C=O) groups is 6. The smallest absolute Gasteiger partial charge is 0.349 e. The Balaban J connectivity index is 0.921. The summed E-state index contributed by atoms with van der Waals surface area (Å²) in [7, 11) is 0. The van der Waals surface area contributed by atoms with Crippen LogP contribution < -0.4 is 18.9 Å². The van der Waals surface area contributed by atoms with E-state index in [4.69, 9.17) is 47.4 Å². The van der Waals surface area contributed by atoms with Gasteiger partial charge in [0.05, 0.1) is 50.8 Å². The third kappa shape index (κ3) is 15.7. The third-order valence-corrected chi connectivity index (χ3v) is 10.7. The molecule has 0 amide bonds. The Morgan fingerprint density at radius 2 is 0.958 bits per heavy atom. The van der Waals surface area contributed by atoms with Crippen molar-refractivity contribution in [3.63, 3.8) is 0 Å². The fourth-order valence-corrected chi connectivity index (χ4v) is 6.92. The molecule has 18 heteroatoms. The summed E-state index contributed by atoms with van der Waals surface area (Å²) in [5, 5.41) is 19.6. The van der Waals surface area contributed by atoms with E-state index in [2.05, 4.69) is 6.58 Å². The second-order valence-corrected chi connectivity index (χ2v) is 15.8. The van der Waals surface area contributed by atoms with Gasteiger partial charge in [-0.15, -0.1) is 0 Å². The average Bonchev–Trinajstić information content (AvgIpc) is 4.00. The van der Waals surface area contributed by atoms with E-state index < -0.39 is 54.3 Å². The van der Waals surface area contributed by atoms with Crippen LogP contribution >= 0.6 is 0 Å². The van der Waals surface area contributed by atoms with Crippen LogP contribution in [0, 0.1) is 22.7 Å². The predicted molar refractivity (Wildman–Crippen MR) is 254 cm³/mol. The normalized spacial score (nSPS) is 16.9. The molecule has 2 fully saturated rings. The minimum atomic E-state index is -0.944. The van der Waals surface area contributed by atoms with Crippen LogP contribution in [0.1, 0.15) is 70.9 Å². The molecule has 0 unspecified atom stereocenters. The average molecular weight is 983 g/mol. The maximum absolute atomic E-state index is 13.1. The summed E-state index contributed by atoms with van der Waals surface area (Å²) >= 11 is 0. The number of fused-ring (bicyclic) bond motifs is 1. The summed E-state index contributed by atoms with van der Waals surface area (Å²) in [5.41, 5.74) is 0.802. The van der Waals surface area contributed by atoms with Crippen LogP contribution in [0.25, 0.3) is 12.2 Å². The molecule has 2 aliphatic heterocycles. The molecule has 2 heterocycles. The van der Waals surface area contributed by atoms with Crippen LogP contribution in [0.2, 0.25) is 0 Å². The Hall–Kier alpha value is -8.58. The predicted octanol–water partition coefficient (Wildman–Crippen LogP) is 7.26. The van der Waals surface area contributed by atoms with Crippen LogP contribution in [-0.4, -0.2) is 99.9 Å². The van der Waals surface area contributed by atoms with Crippen molar-refractivity contribution in [3.8, 4) is 35.1 Å². The maximum Gasteiger partial charge on any atom is 0.349 e. The van der Waals surface area contributed by atoms with Crippen molar-refractivity contribution in [2.24, 2.45) is 0 Å². The number of benzene rings is 4. The molecule has 0 N–H and O–H groups in total. The van der Waals surface area contributed by atoms with E-state index in [0.717, 1.165) is 6.08 Å². The Labute approximate surface area is 414 Å². The van der Waals surface area contributed by atoms with Crippen molar-refractivity contribution < 1.29 is 76.1 Å². The van der Waals surface area contributed by atoms with Crippen molar-refractivity contribution in [3.05, 3.63) is 143 Å². The number of nitriles is 2. The highest BCUT2D eigenvalue weighted by Crippen LogP contribution is 2.32. The molecule has 0 aromatic heterocycles. The van der Waals surface area contributed by atoms with Gasteiger partial charge in [-0.05, 0) is 122 Å². The van der Waals surface area contributed by atoms with Crippen molar-refractivity contribution in [1.29, 1.82) is 10.5 Å². The van der Waals surface area contributed by atoms with Gasteiger partial charge in [0.15, 0.2) is 12.2 Å². The van der Waals surface area contributed by atoms with Gasteiger partial charge < -0.3 is 47.4 Å². The van der Waals surface area contributed by atoms with E-state index in [-0.39, 0.29) is 59.6 Å². The number of rotatable bonds is 24. The molecule has 0 radical (unpaired) electrons. The van der Waals surface area contributed by atoms with Gasteiger partial charge in [-0.3, -0.25) is 4.79 Å². The molecule has 2 saturated heterocycles. The van der Waals surface area contributed by atoms with Crippen molar-refractivity contribution in [1.82, 2.24) is 0 Å². The number of nitrogens with zero attached hydrogens (tertiary/aromatic N) is 2. The molecule has 0 bridgehead atoms. The van der Waals surface area contributed by atoms with Gasteiger partial charge in [0.1, 0.15) is 58.5 Å². The monoisotopic (exact) mass is 982 g/mol. The van der Waals surface area contributed by atoms with Gasteiger partial charge in [0, 0.05) is 12.5 Å². The molecule has 2 aliphatic rings. The minimum Gasteiger partial charge on any atom is -0.494 e. The van der Waals surface area contributed by atoms with Crippen LogP contribution in [0.3, 0.4) is 0 Å². The van der Waals surface area contributed by atoms with E-state index in [1.165, 1.54) is 36.4 Å². The first-order valence-corrected chi connectivity index (χ1v) is 22.9. The summed E-state index contributed by atoms with van der Waals surface area (Å²) in [6.45, 7) is 6.26. The number of carbonyl (C=O) groups excluding carboxylic acids is 6. The summed E-state index contributed by atoms with van der Waals surface area (Å²) in [5.74, 6) is -2.27. The third-order valence-electron chi connectivity index (χ3n) is 10.7. The lowest BCUT2D eigenvalue weighted by atomic mass is 10.1. The molecule has 4 atom stereocenters. The molecule has 4 aromatic rings. The molecule has 4 aromatic carbocycles. The van der Waals surface area contributed by atoms with Crippen molar-refractivity contribution in [2.75, 3.05) is 39.6 Å². The fraction of sp³-hybridized carbons (Fsp3) is 0.296. The molecule has 0 saturated carbocycles. The Morgan fingerprint density at radius 3 is 1.35 bits per heavy atom. The molecule has 372 valence electrons. The highest BCUT2D eigenvalue weighted by molar-refractivity contribution is 5.99. The zero-order chi connectivity index (χ0) is 51.2. The molecular weight excluding hydrogens is 933 g/mol. The Kier molecular flexibility index (Phi) is 19.8. The Morgan fingerprint density at radius 1 is 0.569 bits per heavy atom. The number of hydrogen-bond acceptors (Lipinski definition) is 18. The van der Waals surface area contributed by atoms with Gasteiger partial charge in [-0.25, -0.2) is 24.0 Å². The zero-order valence-corrected chi connectivity index (χ0v) is 39.2. The van der Waals surface area contributed by atoms with Gasteiger partial charge in [-0.1, -0.05) is 37.8 Å². The minimum absolute atomic E-state index is 0.112. The van der Waals surface area contributed by atoms with Crippen molar-refractivity contribution in [2.45, 2.75) is 63.4 Å². The fourth-order valence-electron chi connectivity index (χ4n) is 6.92. The molecule has 0 aliphatic carbocycles. The summed E-state index contributed by atoms with van der Waals surface area (Å²) in [6, 6.07) is 28.7. The SMILES string of the molecule is C=CC(=O)OCCCCOc1ccc(C(=O)Oc2ccc(/C=C(\C#N)C(=O)O[C@H]3CO[C@H]4[C@@H]3OC[C@H]4OC(=O)/C(C#N)=C/c3ccc(OC(=O)c4ccc(OCCCCOC(=O)CC)cc4)cc3)cc2)cc1. The first-order chi connectivity index (χ1) is 35.0. The lowest BCUT2D eigenvalue weighted by Gasteiger charge is -2.17. The maximum atomic E-state index is 13.1. The molecule has 72 heavy (non-hydrogen) atoms. The van der Waals surface area contributed by atoms with Crippen LogP contribution in [0.4, 0.5) is 0 Å². The highest BCUT2D eigenvalue weighted by atomic mass is 16.7. The van der Waals surface area contributed by atoms with Crippen LogP contribution in [0.15, 0.2) is 121 Å². The number of unbranched alkanes of at least 4 members (excludes halogenated alkanes) is 2. The molecule has 18 nitrogen and oxygen atoms in total. The highest BCUT2D eigenvalue weighted by Gasteiger charge is 2.51. The van der Waals surface area contributed by atoms with E-state index >= 15 is 0 Å². The number of ether oxygens (including phenoxy) is 10. The number of esters is 6. The van der Waals surface area contributed by atoms with Crippen molar-refractivity contribution >= 4 is 48.0 Å². The standard InChI is InChI=1S/C54H50N2O16/c1-3-47(57)65-27-7-5-25-63-41-21-13-37(14-22-41)51(59)69-43-17-9-35(10-18-43)29-39(31-55)53(61)71-45-33-67-50-46(34-68-49(45)50)72-54(62)40(32-56)30-36-11-19-44(20-12-36)70-52(60)38-15-23-42(24-16-38)64-26-6-8-28-66-48(58)4-2/h3,9-24,29-30,45-46,49-50H,1,4-8,25-28,33-34H2,2H3/b39-29+,40-30+/t45-,46+,49+,50+/m0/s1. The first-order valence-electron chi connectivity index (χ1n) is 22.9. The second-order valence-electron chi connectivity index (χ2n) is 15.8. The van der Waals surface area contributed by atoms with Gasteiger partial charge in [-0.2, -0.15) is 10.5 Å². The van der Waals surface area contributed by atoms with E-state index in [1.807, 2.05) is 12.1 Å². The second kappa shape index (κ2) is 27.0. The Bertz CT molecular complexity index is 2700. The van der Waals surface area contributed by atoms with Gasteiger partial charge in [0.25, 0.3) is 0 Å². The quantitative estimate of drug-likeness (QED) is 0.0167. The molecular formula is C54H50N2O16. The summed E-state index contributed by atoms with van der Waals surface area (Å²) < 4.78 is 55.1. The van der Waals surface area contributed by atoms with Crippen LogP contribution in [-0.2, 0) is 47.6 Å². The van der Waals surface area contributed by atoms with E-state index in [0.29, 0.717) is 74.6 Å². The van der Waals surface area contributed by atoms with Gasteiger partial charge >= 0.3 is 35.8 Å². The summed E-state index contributed by atoms with van der Waals surface area (Å²) in [4.78, 5) is 74.1. The van der Waals surface area contributed by atoms with Gasteiger partial charge in [0.2, 0.25) is 0 Å². The number of hydrogen-bond donors (Lipinski definition) is 0. The summed E-state index contributed by atoms with van der Waals surface area (Å²) in [6.07, 6.45) is 3.15. The van der Waals surface area contributed by atoms with Crippen LogP contribution in [0.5, 0.6) is 23.0 Å².